The fourth-order valence-corrected chi connectivity index (χ4v) is 4.64. The molecule has 4 heteroatoms. The maximum Gasteiger partial charge on any atom is 0.262 e. The molecule has 0 aliphatic heterocycles. The number of para-hydroxylation sites is 3. The second-order valence-corrected chi connectivity index (χ2v) is 7.97. The van der Waals surface area contributed by atoms with Gasteiger partial charge in [-0.1, -0.05) is 60.4 Å². The molecule has 0 bridgehead atoms. The lowest BCUT2D eigenvalue weighted by Gasteiger charge is -2.07. The van der Waals surface area contributed by atoms with E-state index in [0.717, 1.165) is 36.4 Å². The Morgan fingerprint density at radius 3 is 2.45 bits per heavy atom. The molecule has 0 radical (unpaired) electrons. The summed E-state index contributed by atoms with van der Waals surface area (Å²) in [7, 11) is 0. The van der Waals surface area contributed by atoms with Gasteiger partial charge < -0.3 is 10.5 Å². The van der Waals surface area contributed by atoms with Gasteiger partial charge >= 0.3 is 0 Å². The third kappa shape index (κ3) is 4.17. The van der Waals surface area contributed by atoms with Gasteiger partial charge in [0.2, 0.25) is 5.52 Å². The van der Waals surface area contributed by atoms with Crippen LogP contribution in [0.5, 0.6) is 5.75 Å². The van der Waals surface area contributed by atoms with E-state index in [1.807, 2.05) is 54.6 Å². The molecule has 0 spiro atoms. The summed E-state index contributed by atoms with van der Waals surface area (Å²) in [5.41, 5.74) is 10.6. The normalized spacial score (nSPS) is 10.9. The lowest BCUT2D eigenvalue weighted by Crippen LogP contribution is -2.35. The van der Waals surface area contributed by atoms with Gasteiger partial charge in [0.05, 0.1) is 12.2 Å². The van der Waals surface area contributed by atoms with Crippen molar-refractivity contribution in [3.05, 3.63) is 84.4 Å². The van der Waals surface area contributed by atoms with Crippen molar-refractivity contribution in [2.45, 2.75) is 19.4 Å². The molecule has 2 N–H and O–H groups in total. The number of benzene rings is 3. The van der Waals surface area contributed by atoms with Crippen LogP contribution >= 0.6 is 11.3 Å². The number of thiazole rings is 1. The van der Waals surface area contributed by atoms with Gasteiger partial charge in [0.15, 0.2) is 6.54 Å². The average Bonchev–Trinajstić information content (AvgIpc) is 3.12. The van der Waals surface area contributed by atoms with E-state index in [1.165, 1.54) is 20.8 Å². The highest BCUT2D eigenvalue weighted by molar-refractivity contribution is 7.18. The summed E-state index contributed by atoms with van der Waals surface area (Å²) in [4.78, 5) is 0. The monoisotopic (exact) mass is 401 g/mol. The van der Waals surface area contributed by atoms with Gasteiger partial charge in [-0.3, -0.25) is 0 Å². The first-order chi connectivity index (χ1) is 14.3. The van der Waals surface area contributed by atoms with Crippen LogP contribution in [0.4, 0.5) is 5.69 Å². The highest BCUT2D eigenvalue weighted by atomic mass is 32.1. The summed E-state index contributed by atoms with van der Waals surface area (Å²) in [6.45, 7) is 5.67. The summed E-state index contributed by atoms with van der Waals surface area (Å²) in [6.07, 6.45) is 3.97. The number of fused-ring (bicyclic) bond motifs is 1. The third-order valence-corrected chi connectivity index (χ3v) is 6.11. The number of rotatable bonds is 8. The highest BCUT2D eigenvalue weighted by Gasteiger charge is 2.22. The minimum absolute atomic E-state index is 0.717. The largest absolute Gasteiger partial charge is 0.494 e. The van der Waals surface area contributed by atoms with Gasteiger partial charge in [0.25, 0.3) is 5.01 Å². The maximum absolute atomic E-state index is 6.29. The number of nitrogens with two attached hydrogens (primary N) is 1. The van der Waals surface area contributed by atoms with Crippen molar-refractivity contribution in [1.82, 2.24) is 0 Å². The standard InChI is InChI=1S/C25H25N2OS/c1-2-24-27(17-8-9-18-28-19-11-4-3-5-12-19)25-21(14-10-16-23(25)29-24)20-13-6-7-15-22(20)26/h2-7,10-16H,1,8-9,17-18,26H2/q+1. The van der Waals surface area contributed by atoms with E-state index in [4.69, 9.17) is 10.5 Å². The Balaban J connectivity index is 1.56. The molecule has 1 aromatic heterocycles. The third-order valence-electron chi connectivity index (χ3n) is 4.96. The quantitative estimate of drug-likeness (QED) is 0.225. The van der Waals surface area contributed by atoms with Gasteiger partial charge in [-0.05, 0) is 36.8 Å². The number of unbranched alkanes of at least 4 members (excludes halogenated alkanes) is 1. The fraction of sp³-hybridized carbons (Fsp3) is 0.160. The van der Waals surface area contributed by atoms with Gasteiger partial charge in [-0.25, -0.2) is 0 Å². The summed E-state index contributed by atoms with van der Waals surface area (Å²) in [5, 5.41) is 1.17. The average molecular weight is 402 g/mol. The van der Waals surface area contributed by atoms with Crippen LogP contribution in [0, 0.1) is 0 Å². The molecule has 0 saturated heterocycles. The zero-order chi connectivity index (χ0) is 20.1. The first-order valence-corrected chi connectivity index (χ1v) is 10.7. The zero-order valence-electron chi connectivity index (χ0n) is 16.4. The van der Waals surface area contributed by atoms with Crippen molar-refractivity contribution in [3.63, 3.8) is 0 Å². The molecule has 3 aromatic carbocycles. The van der Waals surface area contributed by atoms with Crippen molar-refractivity contribution in [3.8, 4) is 16.9 Å². The van der Waals surface area contributed by atoms with Crippen LogP contribution in [0.3, 0.4) is 0 Å². The van der Waals surface area contributed by atoms with Crippen molar-refractivity contribution in [1.29, 1.82) is 0 Å². The molecule has 0 aliphatic rings. The number of anilines is 1. The summed E-state index contributed by atoms with van der Waals surface area (Å²) in [6, 6.07) is 24.5. The molecule has 4 aromatic rings. The number of hydrogen-bond donors (Lipinski definition) is 1. The second kappa shape index (κ2) is 8.93. The Kier molecular flexibility index (Phi) is 5.92. The van der Waals surface area contributed by atoms with Crippen LogP contribution in [-0.2, 0) is 6.54 Å². The number of hydrogen-bond acceptors (Lipinski definition) is 3. The lowest BCUT2D eigenvalue weighted by atomic mass is 10.0. The summed E-state index contributed by atoms with van der Waals surface area (Å²) < 4.78 is 9.46. The number of nitrogens with zero attached hydrogens (tertiary/aromatic N) is 1. The topological polar surface area (TPSA) is 39.1 Å². The van der Waals surface area contributed by atoms with E-state index >= 15 is 0 Å². The van der Waals surface area contributed by atoms with Gasteiger partial charge in [0.1, 0.15) is 10.4 Å². The van der Waals surface area contributed by atoms with E-state index in [1.54, 1.807) is 11.3 Å². The van der Waals surface area contributed by atoms with Crippen molar-refractivity contribution >= 4 is 33.3 Å². The Bertz CT molecular complexity index is 1120. The van der Waals surface area contributed by atoms with E-state index in [-0.39, 0.29) is 0 Å². The Labute approximate surface area is 175 Å². The van der Waals surface area contributed by atoms with E-state index in [9.17, 15) is 0 Å². The predicted octanol–water partition coefficient (Wildman–Crippen LogP) is 5.94. The van der Waals surface area contributed by atoms with Crippen LogP contribution in [-0.4, -0.2) is 6.61 Å². The minimum atomic E-state index is 0.717. The van der Waals surface area contributed by atoms with Gasteiger partial charge in [-0.2, -0.15) is 4.57 Å². The molecule has 0 saturated carbocycles. The predicted molar refractivity (Wildman–Crippen MR) is 123 cm³/mol. The molecule has 4 rings (SSSR count). The van der Waals surface area contributed by atoms with Crippen molar-refractivity contribution in [2.75, 3.05) is 12.3 Å². The van der Waals surface area contributed by atoms with Crippen LogP contribution in [0.2, 0.25) is 0 Å². The SMILES string of the molecule is C=Cc1sc2cccc(-c3ccccc3N)c2[n+]1CCCCOc1ccccc1. The molecule has 1 heterocycles. The molecule has 0 aliphatic carbocycles. The molecule has 0 atom stereocenters. The number of nitrogen functional groups attached to an aromatic ring is 1. The van der Waals surface area contributed by atoms with Crippen LogP contribution < -0.4 is 15.0 Å². The van der Waals surface area contributed by atoms with Crippen molar-refractivity contribution in [2.24, 2.45) is 0 Å². The molecule has 3 nitrogen and oxygen atoms in total. The molecule has 0 unspecified atom stereocenters. The summed E-state index contributed by atoms with van der Waals surface area (Å²) in [5.74, 6) is 0.926. The van der Waals surface area contributed by atoms with E-state index in [2.05, 4.69) is 35.4 Å². The zero-order valence-corrected chi connectivity index (χ0v) is 17.2. The molecular formula is C25H25N2OS+. The van der Waals surface area contributed by atoms with Crippen LogP contribution in [0.1, 0.15) is 17.8 Å². The summed E-state index contributed by atoms with van der Waals surface area (Å²) >= 11 is 1.77. The lowest BCUT2D eigenvalue weighted by molar-refractivity contribution is -0.669. The number of ether oxygens (including phenoxy) is 1. The molecule has 29 heavy (non-hydrogen) atoms. The second-order valence-electron chi connectivity index (χ2n) is 6.90. The first kappa shape index (κ1) is 19.2. The molecule has 0 amide bonds. The molecule has 0 fully saturated rings. The van der Waals surface area contributed by atoms with Crippen LogP contribution in [0.25, 0.3) is 27.4 Å². The van der Waals surface area contributed by atoms with E-state index < -0.39 is 0 Å². The van der Waals surface area contributed by atoms with E-state index in [0.29, 0.717) is 6.61 Å². The number of aryl methyl sites for hydroxylation is 1. The van der Waals surface area contributed by atoms with Gasteiger partial charge in [-0.15, -0.1) is 0 Å². The smallest absolute Gasteiger partial charge is 0.262 e. The minimum Gasteiger partial charge on any atom is -0.494 e. The molecular weight excluding hydrogens is 376 g/mol. The molecule has 146 valence electrons. The number of aromatic nitrogens is 1. The Morgan fingerprint density at radius 1 is 0.897 bits per heavy atom. The van der Waals surface area contributed by atoms with Gasteiger partial charge in [0, 0.05) is 23.7 Å². The maximum atomic E-state index is 6.29. The van der Waals surface area contributed by atoms with Crippen LogP contribution in [0.15, 0.2) is 79.4 Å². The van der Waals surface area contributed by atoms with Crippen molar-refractivity contribution < 1.29 is 9.30 Å². The highest BCUT2D eigenvalue weighted by Crippen LogP contribution is 2.33. The Hall–Kier alpha value is -3.11. The first-order valence-electron chi connectivity index (χ1n) is 9.88. The fourth-order valence-electron chi connectivity index (χ4n) is 3.57. The Morgan fingerprint density at radius 2 is 1.66 bits per heavy atom.